The molecule has 2 aliphatic rings. The average molecular weight is 317 g/mol. The Hall–Kier alpha value is -2.11. The van der Waals surface area contributed by atoms with Gasteiger partial charge in [0.25, 0.3) is 5.91 Å². The van der Waals surface area contributed by atoms with E-state index < -0.39 is 11.4 Å². The van der Waals surface area contributed by atoms with Crippen LogP contribution in [0, 0.1) is 5.41 Å². The van der Waals surface area contributed by atoms with E-state index in [4.69, 9.17) is 5.11 Å². The number of rotatable bonds is 5. The molecule has 0 atom stereocenters. The molecule has 0 radical (unpaired) electrons. The van der Waals surface area contributed by atoms with Gasteiger partial charge in [-0.25, -0.2) is 4.98 Å². The molecule has 1 saturated carbocycles. The third-order valence-electron chi connectivity index (χ3n) is 4.83. The number of aliphatic carboxylic acids is 1. The van der Waals surface area contributed by atoms with Gasteiger partial charge in [0.2, 0.25) is 0 Å². The molecule has 0 aromatic carbocycles. The Bertz CT molecular complexity index is 573. The number of nitrogens with zero attached hydrogens (tertiary/aromatic N) is 2. The SMILES string of the molecule is O=C(NCC1(C(=O)O)CC1)c1ccc(N2CCCCCC2)nc1. The number of nitrogens with one attached hydrogen (secondary N) is 1. The predicted octanol–water partition coefficient (Wildman–Crippen LogP) is 2.06. The van der Waals surface area contributed by atoms with Crippen molar-refractivity contribution in [3.05, 3.63) is 23.9 Å². The lowest BCUT2D eigenvalue weighted by Crippen LogP contribution is -2.34. The first-order valence-corrected chi connectivity index (χ1v) is 8.33. The summed E-state index contributed by atoms with van der Waals surface area (Å²) in [5.74, 6) is -0.174. The van der Waals surface area contributed by atoms with E-state index in [2.05, 4.69) is 15.2 Å². The number of hydrogen-bond acceptors (Lipinski definition) is 4. The van der Waals surface area contributed by atoms with Gasteiger partial charge in [-0.3, -0.25) is 9.59 Å². The summed E-state index contributed by atoms with van der Waals surface area (Å²) in [7, 11) is 0. The Morgan fingerprint density at radius 2 is 1.87 bits per heavy atom. The van der Waals surface area contributed by atoms with E-state index in [1.54, 1.807) is 12.3 Å². The van der Waals surface area contributed by atoms with Gasteiger partial charge in [-0.05, 0) is 37.8 Å². The number of hydrogen-bond donors (Lipinski definition) is 2. The van der Waals surface area contributed by atoms with Gasteiger partial charge in [-0.15, -0.1) is 0 Å². The maximum absolute atomic E-state index is 12.1. The standard InChI is InChI=1S/C17H23N3O3/c21-15(19-12-17(7-8-17)16(22)23)13-5-6-14(18-11-13)20-9-3-1-2-4-10-20/h5-6,11H,1-4,7-10,12H2,(H,19,21)(H,22,23). The molecule has 3 rings (SSSR count). The quantitative estimate of drug-likeness (QED) is 0.868. The minimum atomic E-state index is -0.826. The molecule has 1 aromatic rings. The molecule has 2 N–H and O–H groups in total. The lowest BCUT2D eigenvalue weighted by atomic mass is 10.1. The molecular weight excluding hydrogens is 294 g/mol. The van der Waals surface area contributed by atoms with E-state index in [0.29, 0.717) is 18.4 Å². The number of pyridine rings is 1. The molecule has 124 valence electrons. The van der Waals surface area contributed by atoms with E-state index in [0.717, 1.165) is 18.9 Å². The molecule has 6 heteroatoms. The second-order valence-electron chi connectivity index (χ2n) is 6.57. The molecule has 23 heavy (non-hydrogen) atoms. The van der Waals surface area contributed by atoms with E-state index in [9.17, 15) is 9.59 Å². The highest BCUT2D eigenvalue weighted by Crippen LogP contribution is 2.45. The summed E-state index contributed by atoms with van der Waals surface area (Å²) in [5, 5.41) is 11.8. The van der Waals surface area contributed by atoms with Crippen molar-refractivity contribution in [2.75, 3.05) is 24.5 Å². The van der Waals surface area contributed by atoms with Crippen LogP contribution in [0.5, 0.6) is 0 Å². The van der Waals surface area contributed by atoms with Crippen LogP contribution in [0.2, 0.25) is 0 Å². The Morgan fingerprint density at radius 3 is 2.39 bits per heavy atom. The monoisotopic (exact) mass is 317 g/mol. The zero-order valence-corrected chi connectivity index (χ0v) is 13.3. The van der Waals surface area contributed by atoms with Crippen LogP contribution in [0.1, 0.15) is 48.9 Å². The maximum Gasteiger partial charge on any atom is 0.311 e. The topological polar surface area (TPSA) is 82.5 Å². The van der Waals surface area contributed by atoms with Crippen LogP contribution in [0.3, 0.4) is 0 Å². The average Bonchev–Trinajstić information content (AvgIpc) is 3.37. The van der Waals surface area contributed by atoms with Crippen LogP contribution in [0.4, 0.5) is 5.82 Å². The van der Waals surface area contributed by atoms with Crippen LogP contribution in [0.25, 0.3) is 0 Å². The summed E-state index contributed by atoms with van der Waals surface area (Å²) in [6, 6.07) is 3.65. The van der Waals surface area contributed by atoms with Crippen molar-refractivity contribution in [1.82, 2.24) is 10.3 Å². The molecule has 1 aliphatic heterocycles. The lowest BCUT2D eigenvalue weighted by molar-refractivity contribution is -0.143. The molecule has 0 spiro atoms. The lowest BCUT2D eigenvalue weighted by Gasteiger charge is -2.21. The first kappa shape index (κ1) is 15.8. The fourth-order valence-corrected chi connectivity index (χ4v) is 2.98. The van der Waals surface area contributed by atoms with E-state index in [1.165, 1.54) is 25.7 Å². The van der Waals surface area contributed by atoms with Crippen LogP contribution in [-0.2, 0) is 4.79 Å². The molecule has 0 unspecified atom stereocenters. The summed E-state index contributed by atoms with van der Waals surface area (Å²) in [5.41, 5.74) is -0.264. The van der Waals surface area contributed by atoms with Crippen molar-refractivity contribution in [2.45, 2.75) is 38.5 Å². The molecule has 2 fully saturated rings. The fraction of sp³-hybridized carbons (Fsp3) is 0.588. The number of aromatic nitrogens is 1. The maximum atomic E-state index is 12.1. The fourth-order valence-electron chi connectivity index (χ4n) is 2.98. The second kappa shape index (κ2) is 6.56. The molecule has 1 aliphatic carbocycles. The van der Waals surface area contributed by atoms with E-state index in [1.807, 2.05) is 6.07 Å². The number of carboxylic acids is 1. The van der Waals surface area contributed by atoms with Crippen molar-refractivity contribution in [2.24, 2.45) is 5.41 Å². The third-order valence-corrected chi connectivity index (χ3v) is 4.83. The largest absolute Gasteiger partial charge is 0.481 e. The van der Waals surface area contributed by atoms with Crippen molar-refractivity contribution >= 4 is 17.7 Å². The number of carbonyl (C=O) groups is 2. The van der Waals surface area contributed by atoms with Gasteiger partial charge in [0.1, 0.15) is 5.82 Å². The zero-order valence-electron chi connectivity index (χ0n) is 13.3. The molecule has 0 bridgehead atoms. The number of carbonyl (C=O) groups excluding carboxylic acids is 1. The van der Waals surface area contributed by atoms with Crippen LogP contribution < -0.4 is 10.2 Å². The van der Waals surface area contributed by atoms with Crippen molar-refractivity contribution in [1.29, 1.82) is 0 Å². The third kappa shape index (κ3) is 3.63. The van der Waals surface area contributed by atoms with Crippen LogP contribution >= 0.6 is 0 Å². The van der Waals surface area contributed by atoms with Crippen molar-refractivity contribution in [3.63, 3.8) is 0 Å². The first-order chi connectivity index (χ1) is 11.1. The number of carboxylic acid groups (broad SMARTS) is 1. The van der Waals surface area contributed by atoms with E-state index >= 15 is 0 Å². The summed E-state index contributed by atoms with van der Waals surface area (Å²) in [6.45, 7) is 2.22. The Labute approximate surface area is 135 Å². The van der Waals surface area contributed by atoms with Crippen LogP contribution in [-0.4, -0.2) is 41.6 Å². The van der Waals surface area contributed by atoms with Gasteiger partial charge in [0.15, 0.2) is 0 Å². The minimum absolute atomic E-state index is 0.190. The first-order valence-electron chi connectivity index (χ1n) is 8.33. The van der Waals surface area contributed by atoms with Gasteiger partial charge in [0.05, 0.1) is 11.0 Å². The summed E-state index contributed by atoms with van der Waals surface area (Å²) in [6.07, 6.45) is 7.74. The van der Waals surface area contributed by atoms with Crippen molar-refractivity contribution in [3.8, 4) is 0 Å². The molecule has 1 saturated heterocycles. The highest BCUT2D eigenvalue weighted by molar-refractivity contribution is 5.94. The predicted molar refractivity (Wildman–Crippen MR) is 86.6 cm³/mol. The summed E-state index contributed by atoms with van der Waals surface area (Å²) >= 11 is 0. The second-order valence-corrected chi connectivity index (χ2v) is 6.57. The number of amides is 1. The summed E-state index contributed by atoms with van der Waals surface area (Å²) < 4.78 is 0. The summed E-state index contributed by atoms with van der Waals surface area (Å²) in [4.78, 5) is 29.9. The zero-order chi connectivity index (χ0) is 16.3. The van der Waals surface area contributed by atoms with E-state index in [-0.39, 0.29) is 12.5 Å². The highest BCUT2D eigenvalue weighted by Gasteiger charge is 2.50. The Kier molecular flexibility index (Phi) is 4.50. The van der Waals surface area contributed by atoms with Crippen molar-refractivity contribution < 1.29 is 14.7 Å². The van der Waals surface area contributed by atoms with Gasteiger partial charge >= 0.3 is 5.97 Å². The smallest absolute Gasteiger partial charge is 0.311 e. The molecule has 1 aromatic heterocycles. The molecular formula is C17H23N3O3. The molecule has 1 amide bonds. The van der Waals surface area contributed by atoms with Crippen LogP contribution in [0.15, 0.2) is 18.3 Å². The minimum Gasteiger partial charge on any atom is -0.481 e. The Balaban J connectivity index is 1.58. The van der Waals surface area contributed by atoms with Gasteiger partial charge < -0.3 is 15.3 Å². The molecule has 2 heterocycles. The van der Waals surface area contributed by atoms with Gasteiger partial charge in [0, 0.05) is 25.8 Å². The van der Waals surface area contributed by atoms with Gasteiger partial charge in [-0.1, -0.05) is 12.8 Å². The van der Waals surface area contributed by atoms with Gasteiger partial charge in [-0.2, -0.15) is 0 Å². The Morgan fingerprint density at radius 1 is 1.17 bits per heavy atom. The molecule has 6 nitrogen and oxygen atoms in total. The number of anilines is 1. The normalized spacial score (nSPS) is 19.7. The highest BCUT2D eigenvalue weighted by atomic mass is 16.4.